The number of hydrogen-bond donors (Lipinski definition) is 0. The van der Waals surface area contributed by atoms with Crippen molar-refractivity contribution >= 4 is 32.4 Å². The van der Waals surface area contributed by atoms with Gasteiger partial charge >= 0.3 is 10.1 Å². The van der Waals surface area contributed by atoms with Gasteiger partial charge in [0.05, 0.1) is 0 Å². The molecule has 0 atom stereocenters. The van der Waals surface area contributed by atoms with Crippen LogP contribution in [0.2, 0.25) is 0 Å². The van der Waals surface area contributed by atoms with Crippen LogP contribution in [0.3, 0.4) is 0 Å². The van der Waals surface area contributed by atoms with E-state index >= 15 is 0 Å². The summed E-state index contributed by atoms with van der Waals surface area (Å²) in [5.41, 5.74) is 2.10. The van der Waals surface area contributed by atoms with Crippen molar-refractivity contribution in [2.45, 2.75) is 4.21 Å². The van der Waals surface area contributed by atoms with E-state index < -0.39 is 10.1 Å². The van der Waals surface area contributed by atoms with Crippen LogP contribution < -0.4 is 4.18 Å². The summed E-state index contributed by atoms with van der Waals surface area (Å²) in [5.74, 6) is 0.187. The van der Waals surface area contributed by atoms with Gasteiger partial charge in [0.15, 0.2) is 9.79 Å². The summed E-state index contributed by atoms with van der Waals surface area (Å²) < 4.78 is 35.0. The molecule has 4 aromatic rings. The van der Waals surface area contributed by atoms with Crippen LogP contribution in [0.15, 0.2) is 74.8 Å². The first kappa shape index (κ1) is 14.9. The predicted molar refractivity (Wildman–Crippen MR) is 91.6 cm³/mol. The molecular formula is C17H11NO4S2. The minimum absolute atomic E-state index is 0.158. The van der Waals surface area contributed by atoms with Crippen molar-refractivity contribution < 1.29 is 17.1 Å². The van der Waals surface area contributed by atoms with Crippen LogP contribution in [0.1, 0.15) is 0 Å². The highest BCUT2D eigenvalue weighted by molar-refractivity contribution is 7.89. The lowest BCUT2D eigenvalue weighted by molar-refractivity contribution is 0.456. The molecule has 2 heterocycles. The Morgan fingerprint density at radius 1 is 1.00 bits per heavy atom. The van der Waals surface area contributed by atoms with E-state index in [-0.39, 0.29) is 9.96 Å². The number of aromatic nitrogens is 1. The first-order valence-electron chi connectivity index (χ1n) is 7.06. The molecule has 5 nitrogen and oxygen atoms in total. The molecule has 0 amide bonds. The topological polar surface area (TPSA) is 69.4 Å². The van der Waals surface area contributed by atoms with Crippen LogP contribution in [0.5, 0.6) is 5.75 Å². The number of fused-ring (bicyclic) bond motifs is 1. The first-order valence-corrected chi connectivity index (χ1v) is 9.35. The van der Waals surface area contributed by atoms with Gasteiger partial charge in [-0.05, 0) is 23.6 Å². The molecule has 0 aliphatic heterocycles. The van der Waals surface area contributed by atoms with Gasteiger partial charge in [-0.25, -0.2) is 0 Å². The Balaban J connectivity index is 1.71. The van der Waals surface area contributed by atoms with E-state index in [1.165, 1.54) is 12.1 Å². The maximum Gasteiger partial charge on any atom is 0.348 e. The molecule has 7 heteroatoms. The number of rotatable bonds is 4. The molecule has 0 unspecified atom stereocenters. The molecule has 4 rings (SSSR count). The van der Waals surface area contributed by atoms with E-state index in [0.717, 1.165) is 22.3 Å². The molecule has 120 valence electrons. The maximum absolute atomic E-state index is 12.2. The Morgan fingerprint density at radius 3 is 2.58 bits per heavy atom. The SMILES string of the molecule is O=S(=O)(Oc1ccc2c(-c3ccccc3)noc2c1)c1cccs1. The zero-order chi connectivity index (χ0) is 16.6. The highest BCUT2D eigenvalue weighted by atomic mass is 32.3. The standard InChI is InChI=1S/C17H11NO4S2/c19-24(20,16-7-4-10-23-16)22-13-8-9-14-15(11-13)21-18-17(14)12-5-2-1-3-6-12/h1-11H. The van der Waals surface area contributed by atoms with E-state index in [1.54, 1.807) is 23.6 Å². The van der Waals surface area contributed by atoms with Crippen molar-refractivity contribution in [2.75, 3.05) is 0 Å². The minimum atomic E-state index is -3.83. The summed E-state index contributed by atoms with van der Waals surface area (Å²) in [7, 11) is -3.83. The second kappa shape index (κ2) is 5.77. The molecule has 2 aromatic heterocycles. The molecule has 0 N–H and O–H groups in total. The number of benzene rings is 2. The van der Waals surface area contributed by atoms with Crippen LogP contribution in [0, 0.1) is 0 Å². The lowest BCUT2D eigenvalue weighted by atomic mass is 10.1. The zero-order valence-corrected chi connectivity index (χ0v) is 13.9. The van der Waals surface area contributed by atoms with Gasteiger partial charge in [-0.1, -0.05) is 41.6 Å². The van der Waals surface area contributed by atoms with Crippen molar-refractivity contribution in [1.29, 1.82) is 0 Å². The van der Waals surface area contributed by atoms with E-state index in [4.69, 9.17) is 8.71 Å². The van der Waals surface area contributed by atoms with Gasteiger partial charge < -0.3 is 8.71 Å². The predicted octanol–water partition coefficient (Wildman–Crippen LogP) is 4.32. The van der Waals surface area contributed by atoms with E-state index in [0.29, 0.717) is 11.3 Å². The molecule has 2 aromatic carbocycles. The van der Waals surface area contributed by atoms with Gasteiger partial charge in [-0.2, -0.15) is 8.42 Å². The van der Waals surface area contributed by atoms with Gasteiger partial charge in [0.1, 0.15) is 11.4 Å². The number of nitrogens with zero attached hydrogens (tertiary/aromatic N) is 1. The Hall–Kier alpha value is -2.64. The van der Waals surface area contributed by atoms with Crippen molar-refractivity contribution in [3.63, 3.8) is 0 Å². The van der Waals surface area contributed by atoms with Crippen molar-refractivity contribution in [3.05, 3.63) is 66.0 Å². The Labute approximate surface area is 142 Å². The fourth-order valence-corrected chi connectivity index (χ4v) is 4.22. The molecule has 0 aliphatic carbocycles. The van der Waals surface area contributed by atoms with Crippen LogP contribution in [0.4, 0.5) is 0 Å². The van der Waals surface area contributed by atoms with Gasteiger partial charge in [0.25, 0.3) is 0 Å². The third kappa shape index (κ3) is 2.68. The average molecular weight is 357 g/mol. The Kier molecular flexibility index (Phi) is 3.59. The summed E-state index contributed by atoms with van der Waals surface area (Å²) in [5, 5.41) is 6.55. The first-order chi connectivity index (χ1) is 11.6. The molecule has 0 spiro atoms. The number of thiophene rings is 1. The van der Waals surface area contributed by atoms with Crippen LogP contribution in [-0.2, 0) is 10.1 Å². The summed E-state index contributed by atoms with van der Waals surface area (Å²) >= 11 is 1.11. The quantitative estimate of drug-likeness (QED) is 0.509. The van der Waals surface area contributed by atoms with Crippen molar-refractivity contribution in [2.24, 2.45) is 0 Å². The second-order valence-corrected chi connectivity index (χ2v) is 7.75. The van der Waals surface area contributed by atoms with Gasteiger partial charge in [0, 0.05) is 17.0 Å². The summed E-state index contributed by atoms with van der Waals surface area (Å²) in [6.07, 6.45) is 0. The zero-order valence-electron chi connectivity index (χ0n) is 12.2. The highest BCUT2D eigenvalue weighted by Gasteiger charge is 2.19. The Bertz CT molecular complexity index is 1080. The van der Waals surface area contributed by atoms with E-state index in [9.17, 15) is 8.42 Å². The van der Waals surface area contributed by atoms with Crippen LogP contribution in [0.25, 0.3) is 22.2 Å². The molecule has 0 bridgehead atoms. The highest BCUT2D eigenvalue weighted by Crippen LogP contribution is 2.31. The lowest BCUT2D eigenvalue weighted by Crippen LogP contribution is -2.07. The molecule has 0 radical (unpaired) electrons. The largest absolute Gasteiger partial charge is 0.378 e. The lowest BCUT2D eigenvalue weighted by Gasteiger charge is -2.04. The second-order valence-electron chi connectivity index (χ2n) is 5.02. The van der Waals surface area contributed by atoms with Gasteiger partial charge in [-0.15, -0.1) is 11.3 Å². The summed E-state index contributed by atoms with van der Waals surface area (Å²) in [4.78, 5) is 0. The molecule has 0 fully saturated rings. The fourth-order valence-electron chi connectivity index (χ4n) is 2.35. The smallest absolute Gasteiger partial charge is 0.348 e. The molecule has 0 saturated heterocycles. The van der Waals surface area contributed by atoms with Gasteiger partial charge in [0.2, 0.25) is 0 Å². The van der Waals surface area contributed by atoms with Crippen molar-refractivity contribution in [1.82, 2.24) is 5.16 Å². The summed E-state index contributed by atoms with van der Waals surface area (Å²) in [6.45, 7) is 0. The van der Waals surface area contributed by atoms with Gasteiger partial charge in [-0.3, -0.25) is 0 Å². The normalized spacial score (nSPS) is 11.7. The summed E-state index contributed by atoms with van der Waals surface area (Å²) in [6, 6.07) is 17.7. The molecular weight excluding hydrogens is 346 g/mol. The van der Waals surface area contributed by atoms with Crippen molar-refractivity contribution in [3.8, 4) is 17.0 Å². The molecule has 0 saturated carbocycles. The minimum Gasteiger partial charge on any atom is -0.378 e. The maximum atomic E-state index is 12.2. The third-order valence-corrected chi connectivity index (χ3v) is 6.04. The third-order valence-electron chi connectivity index (χ3n) is 3.44. The van der Waals surface area contributed by atoms with E-state index in [2.05, 4.69) is 5.16 Å². The van der Waals surface area contributed by atoms with Crippen LogP contribution >= 0.6 is 11.3 Å². The number of hydrogen-bond acceptors (Lipinski definition) is 6. The fraction of sp³-hybridized carbons (Fsp3) is 0. The Morgan fingerprint density at radius 2 is 1.83 bits per heavy atom. The molecule has 24 heavy (non-hydrogen) atoms. The van der Waals surface area contributed by atoms with Crippen LogP contribution in [-0.4, -0.2) is 13.6 Å². The van der Waals surface area contributed by atoms with E-state index in [1.807, 2.05) is 30.3 Å². The molecule has 0 aliphatic rings. The monoisotopic (exact) mass is 357 g/mol. The average Bonchev–Trinajstić information content (AvgIpc) is 3.25.